The molecule has 0 spiro atoms. The molecule has 1 unspecified atom stereocenters. The van der Waals surface area contributed by atoms with Gasteiger partial charge in [0.05, 0.1) is 24.3 Å². The fourth-order valence-electron chi connectivity index (χ4n) is 2.37. The van der Waals surface area contributed by atoms with Gasteiger partial charge in [-0.3, -0.25) is 0 Å². The van der Waals surface area contributed by atoms with Crippen LogP contribution in [0.3, 0.4) is 0 Å². The van der Waals surface area contributed by atoms with E-state index in [0.29, 0.717) is 25.4 Å². The molecule has 0 aromatic heterocycles. The zero-order valence-electron chi connectivity index (χ0n) is 14.1. The number of benzene rings is 2. The van der Waals surface area contributed by atoms with Crippen molar-refractivity contribution in [3.63, 3.8) is 0 Å². The van der Waals surface area contributed by atoms with Crippen LogP contribution in [-0.4, -0.2) is 25.4 Å². The summed E-state index contributed by atoms with van der Waals surface area (Å²) >= 11 is 3.54. The van der Waals surface area contributed by atoms with E-state index in [2.05, 4.69) is 28.2 Å². The third kappa shape index (κ3) is 5.23. The molecule has 5 heteroatoms. The molecule has 0 bridgehead atoms. The van der Waals surface area contributed by atoms with Crippen LogP contribution < -0.4 is 14.8 Å². The number of rotatable bonds is 9. The Bertz CT molecular complexity index is 634. The highest BCUT2D eigenvalue weighted by molar-refractivity contribution is 9.10. The van der Waals surface area contributed by atoms with Crippen molar-refractivity contribution < 1.29 is 14.6 Å². The molecule has 0 aliphatic carbocycles. The highest BCUT2D eigenvalue weighted by Gasteiger charge is 2.12. The van der Waals surface area contributed by atoms with Crippen molar-refractivity contribution in [2.24, 2.45) is 0 Å². The summed E-state index contributed by atoms with van der Waals surface area (Å²) in [5, 5.41) is 13.5. The van der Waals surface area contributed by atoms with Crippen LogP contribution in [0, 0.1) is 0 Å². The van der Waals surface area contributed by atoms with Gasteiger partial charge in [-0.15, -0.1) is 0 Å². The van der Waals surface area contributed by atoms with Crippen molar-refractivity contribution >= 4 is 15.9 Å². The standard InChI is InChI=1S/C19H24BrNO3/c1-3-9-24-19-16(20)10-14(11-18(19)23-2)12-21-13-17(22)15-7-5-4-6-8-15/h4-8,10-11,17,21-22H,3,9,12-13H2,1-2H3. The van der Waals surface area contributed by atoms with Crippen molar-refractivity contribution in [1.29, 1.82) is 0 Å². The van der Waals surface area contributed by atoms with Gasteiger partial charge in [0.15, 0.2) is 11.5 Å². The van der Waals surface area contributed by atoms with Crippen molar-refractivity contribution in [3.8, 4) is 11.5 Å². The van der Waals surface area contributed by atoms with E-state index >= 15 is 0 Å². The molecule has 2 N–H and O–H groups in total. The molecule has 0 amide bonds. The maximum absolute atomic E-state index is 10.2. The highest BCUT2D eigenvalue weighted by atomic mass is 79.9. The molecule has 130 valence electrons. The van der Waals surface area contributed by atoms with Crippen molar-refractivity contribution in [3.05, 3.63) is 58.1 Å². The first kappa shape index (κ1) is 18.8. The van der Waals surface area contributed by atoms with Gasteiger partial charge >= 0.3 is 0 Å². The summed E-state index contributed by atoms with van der Waals surface area (Å²) in [4.78, 5) is 0. The van der Waals surface area contributed by atoms with Gasteiger partial charge < -0.3 is 19.9 Å². The van der Waals surface area contributed by atoms with Crippen LogP contribution in [0.15, 0.2) is 46.9 Å². The predicted octanol–water partition coefficient (Wildman–Crippen LogP) is 4.07. The van der Waals surface area contributed by atoms with E-state index in [-0.39, 0.29) is 0 Å². The van der Waals surface area contributed by atoms with Gasteiger partial charge in [-0.2, -0.15) is 0 Å². The zero-order valence-corrected chi connectivity index (χ0v) is 15.7. The fourth-order valence-corrected chi connectivity index (χ4v) is 2.97. The number of methoxy groups -OCH3 is 1. The van der Waals surface area contributed by atoms with Gasteiger partial charge in [0, 0.05) is 13.1 Å². The molecule has 2 rings (SSSR count). The van der Waals surface area contributed by atoms with E-state index in [9.17, 15) is 5.11 Å². The molecule has 0 saturated heterocycles. The van der Waals surface area contributed by atoms with E-state index in [1.54, 1.807) is 7.11 Å². The van der Waals surface area contributed by atoms with Gasteiger partial charge in [-0.05, 0) is 45.6 Å². The molecule has 0 aliphatic heterocycles. The minimum atomic E-state index is -0.524. The SMILES string of the molecule is CCCOc1c(Br)cc(CNCC(O)c2ccccc2)cc1OC. The number of hydrogen-bond acceptors (Lipinski definition) is 4. The summed E-state index contributed by atoms with van der Waals surface area (Å²) in [6, 6.07) is 13.6. The molecule has 0 heterocycles. The molecule has 0 fully saturated rings. The van der Waals surface area contributed by atoms with Crippen LogP contribution in [0.1, 0.15) is 30.6 Å². The van der Waals surface area contributed by atoms with Crippen molar-refractivity contribution in [2.45, 2.75) is 26.0 Å². The lowest BCUT2D eigenvalue weighted by Crippen LogP contribution is -2.21. The number of halogens is 1. The van der Waals surface area contributed by atoms with Gasteiger partial charge in [0.1, 0.15) is 0 Å². The topological polar surface area (TPSA) is 50.7 Å². The largest absolute Gasteiger partial charge is 0.493 e. The van der Waals surface area contributed by atoms with Gasteiger partial charge in [-0.25, -0.2) is 0 Å². The van der Waals surface area contributed by atoms with Crippen LogP contribution in [0.4, 0.5) is 0 Å². The summed E-state index contributed by atoms with van der Waals surface area (Å²) in [5.74, 6) is 1.44. The second-order valence-electron chi connectivity index (χ2n) is 5.51. The van der Waals surface area contributed by atoms with Gasteiger partial charge in [0.25, 0.3) is 0 Å². The molecule has 2 aromatic carbocycles. The number of hydrogen-bond donors (Lipinski definition) is 2. The molecule has 4 nitrogen and oxygen atoms in total. The molecule has 2 aromatic rings. The van der Waals surface area contributed by atoms with Gasteiger partial charge in [0.2, 0.25) is 0 Å². The lowest BCUT2D eigenvalue weighted by molar-refractivity contribution is 0.174. The second kappa shape index (κ2) is 9.67. The monoisotopic (exact) mass is 393 g/mol. The number of aliphatic hydroxyl groups is 1. The summed E-state index contributed by atoms with van der Waals surface area (Å²) in [6.45, 7) is 3.83. The quantitative estimate of drug-likeness (QED) is 0.673. The molecule has 24 heavy (non-hydrogen) atoms. The normalized spacial score (nSPS) is 12.0. The van der Waals surface area contributed by atoms with Crippen LogP contribution >= 0.6 is 15.9 Å². The smallest absolute Gasteiger partial charge is 0.175 e. The Hall–Kier alpha value is -1.56. The molecule has 1 atom stereocenters. The van der Waals surface area contributed by atoms with E-state index < -0.39 is 6.10 Å². The molecule has 0 radical (unpaired) electrons. The van der Waals surface area contributed by atoms with E-state index in [1.807, 2.05) is 42.5 Å². The minimum absolute atomic E-state index is 0.484. The third-order valence-corrected chi connectivity index (χ3v) is 4.18. The van der Waals surface area contributed by atoms with Crippen LogP contribution in [0.2, 0.25) is 0 Å². The van der Waals surface area contributed by atoms with Gasteiger partial charge in [-0.1, -0.05) is 37.3 Å². The number of aliphatic hydroxyl groups excluding tert-OH is 1. The predicted molar refractivity (Wildman–Crippen MR) is 99.6 cm³/mol. The summed E-state index contributed by atoms with van der Waals surface area (Å²) in [5.41, 5.74) is 1.97. The lowest BCUT2D eigenvalue weighted by atomic mass is 10.1. The number of ether oxygens (including phenoxy) is 2. The lowest BCUT2D eigenvalue weighted by Gasteiger charge is -2.15. The molecular formula is C19H24BrNO3. The maximum atomic E-state index is 10.2. The van der Waals surface area contributed by atoms with Crippen LogP contribution in [-0.2, 0) is 6.54 Å². The fraction of sp³-hybridized carbons (Fsp3) is 0.368. The van der Waals surface area contributed by atoms with E-state index in [4.69, 9.17) is 9.47 Å². The van der Waals surface area contributed by atoms with E-state index in [0.717, 1.165) is 27.8 Å². The highest BCUT2D eigenvalue weighted by Crippen LogP contribution is 2.36. The maximum Gasteiger partial charge on any atom is 0.175 e. The third-order valence-electron chi connectivity index (χ3n) is 3.59. The Morgan fingerprint density at radius 2 is 1.96 bits per heavy atom. The Balaban J connectivity index is 1.96. The Kier molecular flexibility index (Phi) is 7.56. The van der Waals surface area contributed by atoms with E-state index in [1.165, 1.54) is 0 Å². The molecule has 0 aliphatic rings. The minimum Gasteiger partial charge on any atom is -0.493 e. The second-order valence-corrected chi connectivity index (χ2v) is 6.37. The first-order valence-electron chi connectivity index (χ1n) is 8.08. The first-order valence-corrected chi connectivity index (χ1v) is 8.88. The molecule has 0 saturated carbocycles. The Morgan fingerprint density at radius 1 is 1.21 bits per heavy atom. The first-order chi connectivity index (χ1) is 11.7. The summed E-state index contributed by atoms with van der Waals surface area (Å²) < 4.78 is 12.0. The number of nitrogens with one attached hydrogen (secondary N) is 1. The average Bonchev–Trinajstić information content (AvgIpc) is 2.61. The average molecular weight is 394 g/mol. The zero-order chi connectivity index (χ0) is 17.4. The Morgan fingerprint density at radius 3 is 2.62 bits per heavy atom. The Labute approximate surface area is 151 Å². The van der Waals surface area contributed by atoms with Crippen LogP contribution in [0.25, 0.3) is 0 Å². The van der Waals surface area contributed by atoms with Crippen molar-refractivity contribution in [1.82, 2.24) is 5.32 Å². The summed E-state index contributed by atoms with van der Waals surface area (Å²) in [7, 11) is 1.64. The summed E-state index contributed by atoms with van der Waals surface area (Å²) in [6.07, 6.45) is 0.416. The van der Waals surface area contributed by atoms with Crippen molar-refractivity contribution in [2.75, 3.05) is 20.3 Å². The molecular weight excluding hydrogens is 370 g/mol. The van der Waals surface area contributed by atoms with Crippen LogP contribution in [0.5, 0.6) is 11.5 Å².